The zero-order valence-electron chi connectivity index (χ0n) is 14.6. The molecule has 6 unspecified atom stereocenters. The van der Waals surface area contributed by atoms with Crippen LogP contribution in [0.4, 0.5) is 0 Å². The predicted octanol–water partition coefficient (Wildman–Crippen LogP) is 2.59. The first-order chi connectivity index (χ1) is 9.87. The zero-order valence-corrected chi connectivity index (χ0v) is 14.6. The Hall–Kier alpha value is -0.160. The SMILES string of the molecule is CCC(C)(CC(C)(C)C)C(O)OC12CC3CC1(O)CC3(O)C2. The molecule has 3 N–H and O–H groups in total. The van der Waals surface area contributed by atoms with Gasteiger partial charge in [-0.1, -0.05) is 34.6 Å². The fourth-order valence-corrected chi connectivity index (χ4v) is 5.61. The molecule has 0 aromatic heterocycles. The molecule has 6 atom stereocenters. The van der Waals surface area contributed by atoms with Crippen molar-refractivity contribution in [2.45, 2.75) is 96.2 Å². The first kappa shape index (κ1) is 16.7. The van der Waals surface area contributed by atoms with Gasteiger partial charge in [0.2, 0.25) is 0 Å². The summed E-state index contributed by atoms with van der Waals surface area (Å²) in [6, 6.07) is 0. The fraction of sp³-hybridized carbons (Fsp3) is 1.00. The Kier molecular flexibility index (Phi) is 3.39. The van der Waals surface area contributed by atoms with E-state index in [0.29, 0.717) is 25.7 Å². The highest BCUT2D eigenvalue weighted by Crippen LogP contribution is 2.71. The molecule has 0 saturated heterocycles. The fourth-order valence-electron chi connectivity index (χ4n) is 5.61. The molecule has 0 aromatic rings. The Morgan fingerprint density at radius 2 is 1.77 bits per heavy atom. The molecule has 22 heavy (non-hydrogen) atoms. The van der Waals surface area contributed by atoms with Crippen molar-refractivity contribution in [3.8, 4) is 0 Å². The lowest BCUT2D eigenvalue weighted by molar-refractivity contribution is -0.271. The van der Waals surface area contributed by atoms with Crippen LogP contribution in [0.5, 0.6) is 0 Å². The molecular formula is C18H32O4. The van der Waals surface area contributed by atoms with E-state index in [1.807, 2.05) is 0 Å². The molecule has 4 bridgehead atoms. The molecule has 4 aliphatic rings. The molecule has 0 spiro atoms. The number of rotatable bonds is 5. The zero-order chi connectivity index (χ0) is 16.6. The van der Waals surface area contributed by atoms with Gasteiger partial charge in [-0.2, -0.15) is 0 Å². The van der Waals surface area contributed by atoms with E-state index in [0.717, 1.165) is 12.8 Å². The summed E-state index contributed by atoms with van der Waals surface area (Å²) in [5.74, 6) is 0.125. The number of hydrogen-bond acceptors (Lipinski definition) is 4. The number of ether oxygens (including phenoxy) is 1. The normalized spacial score (nSPS) is 47.2. The van der Waals surface area contributed by atoms with Gasteiger partial charge in [0.1, 0.15) is 5.60 Å². The minimum absolute atomic E-state index is 0.0951. The van der Waals surface area contributed by atoms with E-state index in [2.05, 4.69) is 34.6 Å². The van der Waals surface area contributed by atoms with Gasteiger partial charge in [0.05, 0.1) is 11.2 Å². The third-order valence-corrected chi connectivity index (χ3v) is 6.63. The van der Waals surface area contributed by atoms with Gasteiger partial charge in [-0.3, -0.25) is 0 Å². The third kappa shape index (κ3) is 2.18. The summed E-state index contributed by atoms with van der Waals surface area (Å²) >= 11 is 0. The number of aliphatic hydroxyl groups excluding tert-OH is 1. The maximum atomic E-state index is 10.9. The van der Waals surface area contributed by atoms with Crippen LogP contribution >= 0.6 is 0 Å². The Morgan fingerprint density at radius 3 is 2.09 bits per heavy atom. The summed E-state index contributed by atoms with van der Waals surface area (Å²) in [5.41, 5.74) is -2.74. The largest absolute Gasteiger partial charge is 0.389 e. The van der Waals surface area contributed by atoms with Gasteiger partial charge in [0.15, 0.2) is 6.29 Å². The summed E-state index contributed by atoms with van der Waals surface area (Å²) in [6.45, 7) is 10.6. The topological polar surface area (TPSA) is 69.9 Å². The lowest BCUT2D eigenvalue weighted by Crippen LogP contribution is -2.52. The van der Waals surface area contributed by atoms with Crippen molar-refractivity contribution in [2.75, 3.05) is 0 Å². The van der Waals surface area contributed by atoms with Crippen molar-refractivity contribution < 1.29 is 20.1 Å². The monoisotopic (exact) mass is 312 g/mol. The van der Waals surface area contributed by atoms with Crippen LogP contribution in [0, 0.1) is 16.7 Å². The van der Waals surface area contributed by atoms with Gasteiger partial charge in [-0.25, -0.2) is 0 Å². The van der Waals surface area contributed by atoms with Crippen LogP contribution in [-0.4, -0.2) is 38.4 Å². The molecule has 0 amide bonds. The van der Waals surface area contributed by atoms with Gasteiger partial charge >= 0.3 is 0 Å². The minimum atomic E-state index is -0.955. The molecule has 4 saturated carbocycles. The Bertz CT molecular complexity index is 472. The van der Waals surface area contributed by atoms with Crippen LogP contribution in [0.25, 0.3) is 0 Å². The van der Waals surface area contributed by atoms with Crippen LogP contribution in [0.15, 0.2) is 0 Å². The molecule has 4 nitrogen and oxygen atoms in total. The Labute approximate surface area is 133 Å². The van der Waals surface area contributed by atoms with Crippen molar-refractivity contribution in [1.82, 2.24) is 0 Å². The molecule has 0 aromatic carbocycles. The van der Waals surface area contributed by atoms with Gasteiger partial charge in [0.25, 0.3) is 0 Å². The third-order valence-electron chi connectivity index (χ3n) is 6.63. The molecule has 0 heterocycles. The smallest absolute Gasteiger partial charge is 0.160 e. The highest BCUT2D eigenvalue weighted by Gasteiger charge is 2.79. The second-order valence-corrected chi connectivity index (χ2v) is 9.80. The molecule has 4 fully saturated rings. The molecule has 0 aliphatic heterocycles. The average molecular weight is 312 g/mol. The summed E-state index contributed by atoms with van der Waals surface area (Å²) in [5, 5.41) is 32.3. The Balaban J connectivity index is 1.79. The number of aliphatic hydroxyl groups is 3. The molecule has 0 radical (unpaired) electrons. The van der Waals surface area contributed by atoms with E-state index in [1.165, 1.54) is 0 Å². The molecule has 4 rings (SSSR count). The second kappa shape index (κ2) is 4.47. The maximum absolute atomic E-state index is 10.9. The van der Waals surface area contributed by atoms with Gasteiger partial charge in [0, 0.05) is 18.3 Å². The van der Waals surface area contributed by atoms with E-state index < -0.39 is 23.1 Å². The van der Waals surface area contributed by atoms with Crippen LogP contribution in [-0.2, 0) is 4.74 Å². The standard InChI is InChI=1S/C18H32O4/c1-6-15(5,9-14(2,3)4)13(19)22-18-8-12-7-17(18,21)10-16(12,20)11-18/h12-13,19-21H,6-11H2,1-5H3. The van der Waals surface area contributed by atoms with E-state index in [4.69, 9.17) is 4.74 Å². The molecule has 128 valence electrons. The van der Waals surface area contributed by atoms with Crippen LogP contribution in [0.2, 0.25) is 0 Å². The van der Waals surface area contributed by atoms with Crippen molar-refractivity contribution in [3.05, 3.63) is 0 Å². The summed E-state index contributed by atoms with van der Waals surface area (Å²) in [4.78, 5) is 0. The van der Waals surface area contributed by atoms with Crippen LogP contribution in [0.1, 0.15) is 73.1 Å². The molecular weight excluding hydrogens is 280 g/mol. The Morgan fingerprint density at radius 1 is 1.14 bits per heavy atom. The predicted molar refractivity (Wildman–Crippen MR) is 84.2 cm³/mol. The maximum Gasteiger partial charge on any atom is 0.160 e. The molecule has 4 aliphatic carbocycles. The highest BCUT2D eigenvalue weighted by molar-refractivity contribution is 5.30. The summed E-state index contributed by atoms with van der Waals surface area (Å²) < 4.78 is 6.16. The summed E-state index contributed by atoms with van der Waals surface area (Å²) in [7, 11) is 0. The quantitative estimate of drug-likeness (QED) is 0.683. The van der Waals surface area contributed by atoms with Crippen molar-refractivity contribution in [3.63, 3.8) is 0 Å². The lowest BCUT2D eigenvalue weighted by Gasteiger charge is -2.44. The van der Waals surface area contributed by atoms with Gasteiger partial charge in [-0.05, 0) is 37.0 Å². The van der Waals surface area contributed by atoms with E-state index in [-0.39, 0.29) is 16.7 Å². The van der Waals surface area contributed by atoms with Crippen LogP contribution in [0.3, 0.4) is 0 Å². The van der Waals surface area contributed by atoms with Gasteiger partial charge in [-0.15, -0.1) is 0 Å². The first-order valence-corrected chi connectivity index (χ1v) is 8.68. The van der Waals surface area contributed by atoms with Crippen molar-refractivity contribution in [2.24, 2.45) is 16.7 Å². The lowest BCUT2D eigenvalue weighted by atomic mass is 9.72. The van der Waals surface area contributed by atoms with Gasteiger partial charge < -0.3 is 20.1 Å². The van der Waals surface area contributed by atoms with Crippen molar-refractivity contribution >= 4 is 0 Å². The highest BCUT2D eigenvalue weighted by atomic mass is 16.6. The van der Waals surface area contributed by atoms with E-state index in [9.17, 15) is 15.3 Å². The minimum Gasteiger partial charge on any atom is -0.389 e. The second-order valence-electron chi connectivity index (χ2n) is 9.80. The molecule has 4 heteroatoms. The van der Waals surface area contributed by atoms with E-state index in [1.54, 1.807) is 0 Å². The number of hydrogen-bond donors (Lipinski definition) is 3. The van der Waals surface area contributed by atoms with Crippen molar-refractivity contribution in [1.29, 1.82) is 0 Å². The first-order valence-electron chi connectivity index (χ1n) is 8.68. The van der Waals surface area contributed by atoms with Crippen LogP contribution < -0.4 is 0 Å². The van der Waals surface area contributed by atoms with E-state index >= 15 is 0 Å². The average Bonchev–Trinajstić information content (AvgIpc) is 2.89. The summed E-state index contributed by atoms with van der Waals surface area (Å²) in [6.07, 6.45) is 2.90.